The van der Waals surface area contributed by atoms with Crippen molar-refractivity contribution in [1.82, 2.24) is 0 Å². The van der Waals surface area contributed by atoms with Gasteiger partial charge in [-0.15, -0.1) is 0 Å². The monoisotopic (exact) mass is 385 g/mol. The second kappa shape index (κ2) is 6.97. The van der Waals surface area contributed by atoms with Crippen LogP contribution in [0.15, 0.2) is 52.4 Å². The number of benzene rings is 2. The molecule has 3 nitrogen and oxygen atoms in total. The van der Waals surface area contributed by atoms with Gasteiger partial charge in [0.2, 0.25) is 0 Å². The Kier molecular flexibility index (Phi) is 5.00. The van der Waals surface area contributed by atoms with Crippen LogP contribution in [0, 0.1) is 26.6 Å². The molecule has 2 aromatic carbocycles. The van der Waals surface area contributed by atoms with Crippen molar-refractivity contribution in [3.63, 3.8) is 0 Å². The first kappa shape index (κ1) is 19.4. The fourth-order valence-electron chi connectivity index (χ4n) is 3.89. The molecule has 1 N–H and O–H groups in total. The molecule has 0 aromatic heterocycles. The van der Waals surface area contributed by atoms with Crippen molar-refractivity contribution in [1.29, 1.82) is 0 Å². The molecule has 142 valence electrons. The quantitative estimate of drug-likeness (QED) is 0.736. The van der Waals surface area contributed by atoms with Crippen LogP contribution in [0.25, 0.3) is 5.57 Å². The molecule has 0 atom stereocenters. The van der Waals surface area contributed by atoms with Crippen LogP contribution >= 0.6 is 0 Å². The summed E-state index contributed by atoms with van der Waals surface area (Å²) in [6.45, 7) is 9.46. The molecule has 0 unspecified atom stereocenters. The lowest BCUT2D eigenvalue weighted by Gasteiger charge is -2.18. The van der Waals surface area contributed by atoms with Crippen molar-refractivity contribution < 1.29 is 12.8 Å². The normalized spacial score (nSPS) is 14.5. The van der Waals surface area contributed by atoms with E-state index in [-0.39, 0.29) is 4.90 Å². The minimum atomic E-state index is -3.81. The highest BCUT2D eigenvalue weighted by atomic mass is 32.2. The first-order chi connectivity index (χ1) is 12.6. The number of allylic oxidation sites excluding steroid dienone is 4. The third-order valence-electron chi connectivity index (χ3n) is 4.90. The van der Waals surface area contributed by atoms with Gasteiger partial charge < -0.3 is 0 Å². The number of anilines is 1. The van der Waals surface area contributed by atoms with Gasteiger partial charge in [-0.25, -0.2) is 12.8 Å². The van der Waals surface area contributed by atoms with Crippen molar-refractivity contribution in [2.75, 3.05) is 4.72 Å². The summed E-state index contributed by atoms with van der Waals surface area (Å²) in [5, 5.41) is 0. The summed E-state index contributed by atoms with van der Waals surface area (Å²) >= 11 is 0. The van der Waals surface area contributed by atoms with Gasteiger partial charge in [-0.3, -0.25) is 4.72 Å². The zero-order valence-corrected chi connectivity index (χ0v) is 17.1. The third-order valence-corrected chi connectivity index (χ3v) is 6.57. The molecule has 1 aliphatic carbocycles. The Bertz CT molecular complexity index is 1070. The Balaban J connectivity index is 2.12. The van der Waals surface area contributed by atoms with Crippen LogP contribution in [-0.4, -0.2) is 8.42 Å². The van der Waals surface area contributed by atoms with Gasteiger partial charge in [0.05, 0.1) is 10.6 Å². The number of halogens is 1. The summed E-state index contributed by atoms with van der Waals surface area (Å²) in [6, 6.07) is 7.87. The summed E-state index contributed by atoms with van der Waals surface area (Å²) in [7, 11) is -3.81. The van der Waals surface area contributed by atoms with E-state index in [1.54, 1.807) is 13.8 Å². The minimum absolute atomic E-state index is 0.271. The molecule has 1 aliphatic rings. The zero-order chi connectivity index (χ0) is 19.9. The fourth-order valence-corrected chi connectivity index (χ4v) is 5.42. The predicted molar refractivity (Wildman–Crippen MR) is 109 cm³/mol. The largest absolute Gasteiger partial charge is 0.279 e. The summed E-state index contributed by atoms with van der Waals surface area (Å²) in [5.74, 6) is -0.393. The van der Waals surface area contributed by atoms with E-state index in [0.29, 0.717) is 22.4 Å². The van der Waals surface area contributed by atoms with E-state index in [9.17, 15) is 12.8 Å². The van der Waals surface area contributed by atoms with E-state index >= 15 is 0 Å². The van der Waals surface area contributed by atoms with Crippen molar-refractivity contribution >= 4 is 21.3 Å². The second-order valence-electron chi connectivity index (χ2n) is 7.27. The second-order valence-corrected chi connectivity index (χ2v) is 8.89. The Morgan fingerprint density at radius 1 is 0.963 bits per heavy atom. The molecular formula is C22H24FNO2S. The van der Waals surface area contributed by atoms with E-state index in [4.69, 9.17) is 0 Å². The number of aryl methyl sites for hydroxylation is 3. The SMILES string of the molecule is CC1=CCC(C)=C1c1cc(F)ccc1NS(=O)(=O)c1c(C)cc(C)cc1C. The molecule has 0 saturated heterocycles. The molecule has 3 rings (SSSR count). The van der Waals surface area contributed by atoms with E-state index in [0.717, 1.165) is 28.7 Å². The highest BCUT2D eigenvalue weighted by Gasteiger charge is 2.24. The lowest BCUT2D eigenvalue weighted by Crippen LogP contribution is -2.17. The van der Waals surface area contributed by atoms with Crippen LogP contribution in [0.4, 0.5) is 10.1 Å². The summed E-state index contributed by atoms with van der Waals surface area (Å²) < 4.78 is 42.9. The first-order valence-corrected chi connectivity index (χ1v) is 10.4. The Morgan fingerprint density at radius 3 is 2.15 bits per heavy atom. The average Bonchev–Trinajstić information content (AvgIpc) is 2.86. The standard InChI is InChI=1S/C22H24FNO2S/c1-13-10-16(4)22(17(5)11-13)27(25,26)24-20-9-8-18(23)12-19(20)21-14(2)6-7-15(21)3/h6,8-12,24H,7H2,1-5H3. The topological polar surface area (TPSA) is 46.2 Å². The van der Waals surface area contributed by atoms with E-state index in [2.05, 4.69) is 10.8 Å². The maximum Gasteiger partial charge on any atom is 0.262 e. The Morgan fingerprint density at radius 2 is 1.59 bits per heavy atom. The molecule has 2 aromatic rings. The smallest absolute Gasteiger partial charge is 0.262 e. The van der Waals surface area contributed by atoms with Crippen molar-refractivity contribution in [3.8, 4) is 0 Å². The van der Waals surface area contributed by atoms with Crippen molar-refractivity contribution in [2.24, 2.45) is 0 Å². The third kappa shape index (κ3) is 3.69. The van der Waals surface area contributed by atoms with Crippen LogP contribution in [0.5, 0.6) is 0 Å². The van der Waals surface area contributed by atoms with Crippen molar-refractivity contribution in [2.45, 2.75) is 45.9 Å². The van der Waals surface area contributed by atoms with Gasteiger partial charge in [0.1, 0.15) is 5.82 Å². The van der Waals surface area contributed by atoms with Crippen LogP contribution in [0.2, 0.25) is 0 Å². The van der Waals surface area contributed by atoms with Crippen LogP contribution in [0.3, 0.4) is 0 Å². The highest BCUT2D eigenvalue weighted by molar-refractivity contribution is 7.92. The Hall–Kier alpha value is -2.40. The van der Waals surface area contributed by atoms with Gasteiger partial charge in [0, 0.05) is 5.56 Å². The van der Waals surface area contributed by atoms with Crippen LogP contribution in [-0.2, 0) is 10.0 Å². The van der Waals surface area contributed by atoms with E-state index in [1.165, 1.54) is 18.2 Å². The lowest BCUT2D eigenvalue weighted by molar-refractivity contribution is 0.599. The van der Waals surface area contributed by atoms with Crippen molar-refractivity contribution in [3.05, 3.63) is 75.6 Å². The maximum atomic E-state index is 14.0. The fraction of sp³-hybridized carbons (Fsp3) is 0.273. The van der Waals surface area contributed by atoms with Gasteiger partial charge in [0.25, 0.3) is 10.0 Å². The average molecular weight is 386 g/mol. The molecular weight excluding hydrogens is 361 g/mol. The Labute approximate surface area is 160 Å². The van der Waals surface area contributed by atoms with Crippen LogP contribution in [0.1, 0.15) is 42.5 Å². The number of sulfonamides is 1. The summed E-state index contributed by atoms with van der Waals surface area (Å²) in [5.41, 5.74) is 6.39. The number of nitrogens with one attached hydrogen (secondary N) is 1. The summed E-state index contributed by atoms with van der Waals surface area (Å²) in [6.07, 6.45) is 2.86. The molecule has 0 amide bonds. The molecule has 0 fully saturated rings. The minimum Gasteiger partial charge on any atom is -0.279 e. The number of hydrogen-bond donors (Lipinski definition) is 1. The van der Waals surface area contributed by atoms with Gasteiger partial charge in [-0.2, -0.15) is 0 Å². The zero-order valence-electron chi connectivity index (χ0n) is 16.3. The summed E-state index contributed by atoms with van der Waals surface area (Å²) in [4.78, 5) is 0.271. The molecule has 0 heterocycles. The van der Waals surface area contributed by atoms with Gasteiger partial charge in [0.15, 0.2) is 0 Å². The molecule has 0 spiro atoms. The van der Waals surface area contributed by atoms with E-state index in [1.807, 2.05) is 32.9 Å². The first-order valence-electron chi connectivity index (χ1n) is 8.87. The maximum absolute atomic E-state index is 14.0. The number of rotatable bonds is 4. The highest BCUT2D eigenvalue weighted by Crippen LogP contribution is 2.38. The van der Waals surface area contributed by atoms with Gasteiger partial charge >= 0.3 is 0 Å². The molecule has 5 heteroatoms. The number of hydrogen-bond acceptors (Lipinski definition) is 2. The van der Waals surface area contributed by atoms with E-state index < -0.39 is 15.8 Å². The molecule has 0 aliphatic heterocycles. The lowest BCUT2D eigenvalue weighted by atomic mass is 9.97. The van der Waals surface area contributed by atoms with Crippen LogP contribution < -0.4 is 4.72 Å². The molecule has 0 saturated carbocycles. The molecule has 0 bridgehead atoms. The predicted octanol–water partition coefficient (Wildman–Crippen LogP) is 5.68. The van der Waals surface area contributed by atoms with Gasteiger partial charge in [-0.05, 0) is 81.5 Å². The van der Waals surface area contributed by atoms with Gasteiger partial charge in [-0.1, -0.05) is 29.3 Å². The molecule has 27 heavy (non-hydrogen) atoms. The molecule has 0 radical (unpaired) electrons.